The van der Waals surface area contributed by atoms with E-state index in [0.717, 1.165) is 17.8 Å². The number of aryl methyl sites for hydroxylation is 2. The van der Waals surface area contributed by atoms with Crippen LogP contribution in [0.25, 0.3) is 10.9 Å². The second kappa shape index (κ2) is 7.22. The van der Waals surface area contributed by atoms with Crippen LogP contribution in [0.1, 0.15) is 18.1 Å². The van der Waals surface area contributed by atoms with Gasteiger partial charge in [0.25, 0.3) is 0 Å². The Kier molecular flexibility index (Phi) is 5.32. The molecule has 0 aliphatic carbocycles. The Labute approximate surface area is 119 Å². The Hall–Kier alpha value is -1.65. The van der Waals surface area contributed by atoms with Crippen LogP contribution in [0.2, 0.25) is 0 Å². The highest BCUT2D eigenvalue weighted by Crippen LogP contribution is 2.21. The highest BCUT2D eigenvalue weighted by molar-refractivity contribution is 5.84. The smallest absolute Gasteiger partial charge is 0.126 e. The summed E-state index contributed by atoms with van der Waals surface area (Å²) in [6, 6.07) is 8.48. The summed E-state index contributed by atoms with van der Waals surface area (Å²) in [6.45, 7) is 5.96. The third kappa shape index (κ3) is 3.68. The summed E-state index contributed by atoms with van der Waals surface area (Å²) < 4.78 is 5.21. The van der Waals surface area contributed by atoms with Gasteiger partial charge in [0.05, 0.1) is 25.3 Å². The van der Waals surface area contributed by atoms with Crippen molar-refractivity contribution < 1.29 is 9.84 Å². The molecule has 2 rings (SSSR count). The Bertz CT molecular complexity index is 570. The molecule has 4 heteroatoms. The zero-order valence-corrected chi connectivity index (χ0v) is 12.1. The van der Waals surface area contributed by atoms with Crippen LogP contribution in [0, 0.1) is 6.92 Å². The van der Waals surface area contributed by atoms with Crippen molar-refractivity contribution in [1.29, 1.82) is 0 Å². The molecular weight excluding hydrogens is 252 g/mol. The van der Waals surface area contributed by atoms with Crippen LogP contribution < -0.4 is 5.32 Å². The first-order valence-electron chi connectivity index (χ1n) is 7.07. The van der Waals surface area contributed by atoms with Gasteiger partial charge in [-0.15, -0.1) is 0 Å². The van der Waals surface area contributed by atoms with Crippen molar-refractivity contribution in [1.82, 2.24) is 4.98 Å². The lowest BCUT2D eigenvalue weighted by molar-refractivity contribution is 0.0992. The van der Waals surface area contributed by atoms with E-state index < -0.39 is 0 Å². The summed E-state index contributed by atoms with van der Waals surface area (Å²) in [5.74, 6) is 0.867. The summed E-state index contributed by atoms with van der Waals surface area (Å²) in [5, 5.41) is 13.1. The molecule has 108 valence electrons. The van der Waals surface area contributed by atoms with Gasteiger partial charge in [0, 0.05) is 11.9 Å². The molecule has 2 aromatic rings. The number of aliphatic hydroxyl groups is 1. The molecule has 20 heavy (non-hydrogen) atoms. The van der Waals surface area contributed by atoms with Crippen LogP contribution in [-0.4, -0.2) is 36.5 Å². The van der Waals surface area contributed by atoms with Crippen LogP contribution in [0.3, 0.4) is 0 Å². The number of hydrogen-bond acceptors (Lipinski definition) is 4. The molecule has 1 aromatic carbocycles. The molecule has 1 heterocycles. The molecule has 1 aromatic heterocycles. The number of pyridine rings is 1. The number of nitrogens with one attached hydrogen (secondary N) is 1. The molecule has 0 fully saturated rings. The van der Waals surface area contributed by atoms with Crippen LogP contribution in [0.15, 0.2) is 24.3 Å². The van der Waals surface area contributed by atoms with Crippen molar-refractivity contribution in [2.24, 2.45) is 0 Å². The normalized spacial score (nSPS) is 10.9. The predicted molar refractivity (Wildman–Crippen MR) is 82.3 cm³/mol. The van der Waals surface area contributed by atoms with Crippen molar-refractivity contribution in [3.05, 3.63) is 35.4 Å². The SMILES string of the molecule is CCc1ccc2nc(NCCOCCO)cc(C)c2c1. The lowest BCUT2D eigenvalue weighted by Gasteiger charge is -2.10. The van der Waals surface area contributed by atoms with Gasteiger partial charge < -0.3 is 15.2 Å². The number of aromatic nitrogens is 1. The van der Waals surface area contributed by atoms with E-state index in [-0.39, 0.29) is 6.61 Å². The van der Waals surface area contributed by atoms with Crippen LogP contribution in [0.4, 0.5) is 5.82 Å². The quantitative estimate of drug-likeness (QED) is 0.762. The third-order valence-corrected chi connectivity index (χ3v) is 3.28. The number of rotatable bonds is 7. The molecule has 0 atom stereocenters. The van der Waals surface area contributed by atoms with E-state index in [1.807, 2.05) is 0 Å². The molecule has 0 aliphatic heterocycles. The molecule has 0 radical (unpaired) electrons. The topological polar surface area (TPSA) is 54.4 Å². The molecular formula is C16H22N2O2. The van der Waals surface area contributed by atoms with Gasteiger partial charge in [-0.3, -0.25) is 0 Å². The number of ether oxygens (including phenoxy) is 1. The first kappa shape index (κ1) is 14.8. The molecule has 0 bridgehead atoms. The van der Waals surface area contributed by atoms with Crippen molar-refractivity contribution in [3.8, 4) is 0 Å². The Morgan fingerprint density at radius 1 is 1.25 bits per heavy atom. The molecule has 0 saturated carbocycles. The zero-order valence-electron chi connectivity index (χ0n) is 12.1. The van der Waals surface area contributed by atoms with Gasteiger partial charge in [-0.25, -0.2) is 4.98 Å². The van der Waals surface area contributed by atoms with E-state index in [9.17, 15) is 0 Å². The fourth-order valence-electron chi connectivity index (χ4n) is 2.17. The third-order valence-electron chi connectivity index (χ3n) is 3.28. The predicted octanol–water partition coefficient (Wildman–Crippen LogP) is 2.53. The first-order chi connectivity index (χ1) is 9.74. The van der Waals surface area contributed by atoms with Gasteiger partial charge in [-0.05, 0) is 42.7 Å². The fraction of sp³-hybridized carbons (Fsp3) is 0.438. The van der Waals surface area contributed by atoms with Crippen molar-refractivity contribution in [2.45, 2.75) is 20.3 Å². The molecule has 4 nitrogen and oxygen atoms in total. The lowest BCUT2D eigenvalue weighted by atomic mass is 10.1. The fourth-order valence-corrected chi connectivity index (χ4v) is 2.17. The van der Waals surface area contributed by atoms with Gasteiger partial charge in [0.15, 0.2) is 0 Å². The van der Waals surface area contributed by atoms with Gasteiger partial charge in [-0.1, -0.05) is 13.0 Å². The van der Waals surface area contributed by atoms with Crippen molar-refractivity contribution in [3.63, 3.8) is 0 Å². The molecule has 0 amide bonds. The lowest BCUT2D eigenvalue weighted by Crippen LogP contribution is -2.12. The van der Waals surface area contributed by atoms with Crippen molar-refractivity contribution in [2.75, 3.05) is 31.7 Å². The van der Waals surface area contributed by atoms with Crippen LogP contribution in [-0.2, 0) is 11.2 Å². The number of anilines is 1. The zero-order chi connectivity index (χ0) is 14.4. The summed E-state index contributed by atoms with van der Waals surface area (Å²) in [5.41, 5.74) is 3.57. The van der Waals surface area contributed by atoms with E-state index >= 15 is 0 Å². The molecule has 0 spiro atoms. The number of nitrogens with zero attached hydrogens (tertiary/aromatic N) is 1. The molecule has 0 saturated heterocycles. The van der Waals surface area contributed by atoms with E-state index in [0.29, 0.717) is 19.8 Å². The van der Waals surface area contributed by atoms with Crippen LogP contribution in [0.5, 0.6) is 0 Å². The summed E-state index contributed by atoms with van der Waals surface area (Å²) in [6.07, 6.45) is 1.04. The summed E-state index contributed by atoms with van der Waals surface area (Å²) in [7, 11) is 0. The molecule has 0 unspecified atom stereocenters. The minimum atomic E-state index is 0.0626. The van der Waals surface area contributed by atoms with E-state index in [1.54, 1.807) is 0 Å². The van der Waals surface area contributed by atoms with Gasteiger partial charge in [0.1, 0.15) is 5.82 Å². The Morgan fingerprint density at radius 3 is 2.85 bits per heavy atom. The minimum Gasteiger partial charge on any atom is -0.394 e. The molecule has 0 aliphatic rings. The second-order valence-corrected chi connectivity index (χ2v) is 4.79. The largest absolute Gasteiger partial charge is 0.394 e. The minimum absolute atomic E-state index is 0.0626. The van der Waals surface area contributed by atoms with Gasteiger partial charge >= 0.3 is 0 Å². The summed E-state index contributed by atoms with van der Waals surface area (Å²) in [4.78, 5) is 4.61. The average Bonchev–Trinajstić information content (AvgIpc) is 2.47. The van der Waals surface area contributed by atoms with E-state index in [1.165, 1.54) is 16.5 Å². The van der Waals surface area contributed by atoms with E-state index in [4.69, 9.17) is 9.84 Å². The Balaban J connectivity index is 2.08. The van der Waals surface area contributed by atoms with Gasteiger partial charge in [-0.2, -0.15) is 0 Å². The average molecular weight is 274 g/mol. The maximum Gasteiger partial charge on any atom is 0.126 e. The Morgan fingerprint density at radius 2 is 2.10 bits per heavy atom. The molecule has 2 N–H and O–H groups in total. The number of benzene rings is 1. The standard InChI is InChI=1S/C16H22N2O2/c1-3-13-4-5-15-14(11-13)12(2)10-16(18-15)17-6-8-20-9-7-19/h4-5,10-11,19H,3,6-9H2,1-2H3,(H,17,18). The maximum absolute atomic E-state index is 8.62. The van der Waals surface area contributed by atoms with E-state index in [2.05, 4.69) is 48.4 Å². The first-order valence-corrected chi connectivity index (χ1v) is 7.07. The number of hydrogen-bond donors (Lipinski definition) is 2. The number of aliphatic hydroxyl groups excluding tert-OH is 1. The monoisotopic (exact) mass is 274 g/mol. The highest BCUT2D eigenvalue weighted by Gasteiger charge is 2.03. The van der Waals surface area contributed by atoms with Crippen molar-refractivity contribution >= 4 is 16.7 Å². The van der Waals surface area contributed by atoms with Crippen LogP contribution >= 0.6 is 0 Å². The highest BCUT2D eigenvalue weighted by atomic mass is 16.5. The summed E-state index contributed by atoms with van der Waals surface area (Å²) >= 11 is 0. The second-order valence-electron chi connectivity index (χ2n) is 4.79. The maximum atomic E-state index is 8.62. The number of fused-ring (bicyclic) bond motifs is 1. The van der Waals surface area contributed by atoms with Gasteiger partial charge in [0.2, 0.25) is 0 Å².